The van der Waals surface area contributed by atoms with E-state index in [4.69, 9.17) is 16.7 Å². The highest BCUT2D eigenvalue weighted by Gasteiger charge is 2.10. The van der Waals surface area contributed by atoms with Crippen LogP contribution in [0.15, 0.2) is 18.2 Å². The van der Waals surface area contributed by atoms with Gasteiger partial charge in [0.05, 0.1) is 23.7 Å². The Labute approximate surface area is 117 Å². The molecule has 6 heteroatoms. The summed E-state index contributed by atoms with van der Waals surface area (Å²) in [5.74, 6) is -1.10. The molecule has 5 nitrogen and oxygen atoms in total. The Kier molecular flexibility index (Phi) is 5.79. The second kappa shape index (κ2) is 7.11. The zero-order chi connectivity index (χ0) is 14.4. The van der Waals surface area contributed by atoms with Crippen LogP contribution in [-0.4, -0.2) is 42.0 Å². The first-order valence-electron chi connectivity index (χ1n) is 5.85. The number of carbonyl (C=O) groups excluding carboxylic acids is 1. The van der Waals surface area contributed by atoms with Crippen molar-refractivity contribution in [3.63, 3.8) is 0 Å². The van der Waals surface area contributed by atoms with Gasteiger partial charge in [-0.25, -0.2) is 0 Å². The van der Waals surface area contributed by atoms with Crippen LogP contribution >= 0.6 is 11.6 Å². The third-order valence-corrected chi connectivity index (χ3v) is 2.83. The van der Waals surface area contributed by atoms with Crippen molar-refractivity contribution in [1.82, 2.24) is 4.90 Å². The number of hydrogen-bond donors (Lipinski definition) is 2. The molecule has 0 heterocycles. The maximum atomic E-state index is 11.7. The zero-order valence-corrected chi connectivity index (χ0v) is 11.7. The van der Waals surface area contributed by atoms with Crippen LogP contribution in [0.1, 0.15) is 12.0 Å². The molecule has 104 valence electrons. The van der Waals surface area contributed by atoms with Crippen LogP contribution in [-0.2, 0) is 9.59 Å². The quantitative estimate of drug-likeness (QED) is 0.838. The standard InChI is InChI=1S/C13H17ClN2O3/c1-9-3-4-11(10(14)7-9)15-12(17)8-16(2)6-5-13(18)19/h3-4,7H,5-6,8H2,1-2H3,(H,15,17)(H,18,19). The Bertz CT molecular complexity index is 477. The highest BCUT2D eigenvalue weighted by atomic mass is 35.5. The highest BCUT2D eigenvalue weighted by Crippen LogP contribution is 2.22. The number of carboxylic acid groups (broad SMARTS) is 1. The van der Waals surface area contributed by atoms with Gasteiger partial charge < -0.3 is 10.4 Å². The monoisotopic (exact) mass is 284 g/mol. The molecular formula is C13H17ClN2O3. The SMILES string of the molecule is Cc1ccc(NC(=O)CN(C)CCC(=O)O)c(Cl)c1. The molecular weight excluding hydrogens is 268 g/mol. The molecule has 0 saturated heterocycles. The summed E-state index contributed by atoms with van der Waals surface area (Å²) in [5.41, 5.74) is 1.57. The minimum absolute atomic E-state index is 0.00900. The number of carboxylic acids is 1. The van der Waals surface area contributed by atoms with Crippen molar-refractivity contribution in [2.24, 2.45) is 0 Å². The van der Waals surface area contributed by atoms with Gasteiger partial charge in [-0.1, -0.05) is 17.7 Å². The van der Waals surface area contributed by atoms with Crippen molar-refractivity contribution < 1.29 is 14.7 Å². The van der Waals surface area contributed by atoms with E-state index in [2.05, 4.69) is 5.32 Å². The number of anilines is 1. The summed E-state index contributed by atoms with van der Waals surface area (Å²) in [4.78, 5) is 23.8. The fraction of sp³-hybridized carbons (Fsp3) is 0.385. The molecule has 0 radical (unpaired) electrons. The van der Waals surface area contributed by atoms with E-state index >= 15 is 0 Å². The van der Waals surface area contributed by atoms with Gasteiger partial charge in [0, 0.05) is 6.54 Å². The van der Waals surface area contributed by atoms with Gasteiger partial charge in [0.1, 0.15) is 0 Å². The van der Waals surface area contributed by atoms with Gasteiger partial charge in [-0.3, -0.25) is 14.5 Å². The summed E-state index contributed by atoms with van der Waals surface area (Å²) in [7, 11) is 1.69. The summed E-state index contributed by atoms with van der Waals surface area (Å²) < 4.78 is 0. The highest BCUT2D eigenvalue weighted by molar-refractivity contribution is 6.33. The third kappa shape index (κ3) is 5.72. The van der Waals surface area contributed by atoms with Gasteiger partial charge in [-0.15, -0.1) is 0 Å². The summed E-state index contributed by atoms with van der Waals surface area (Å²) in [6.07, 6.45) is 0.00900. The average molecular weight is 285 g/mol. The van der Waals surface area contributed by atoms with Crippen molar-refractivity contribution in [3.8, 4) is 0 Å². The van der Waals surface area contributed by atoms with Gasteiger partial charge in [-0.05, 0) is 31.7 Å². The number of aliphatic carboxylic acids is 1. The predicted molar refractivity (Wildman–Crippen MR) is 74.6 cm³/mol. The minimum Gasteiger partial charge on any atom is -0.481 e. The lowest BCUT2D eigenvalue weighted by atomic mass is 10.2. The Balaban J connectivity index is 2.48. The van der Waals surface area contributed by atoms with Crippen LogP contribution in [0, 0.1) is 6.92 Å². The first kappa shape index (κ1) is 15.5. The van der Waals surface area contributed by atoms with Crippen LogP contribution in [0.2, 0.25) is 5.02 Å². The number of likely N-dealkylation sites (N-methyl/N-ethyl adjacent to an activating group) is 1. The van der Waals surface area contributed by atoms with Crippen molar-refractivity contribution >= 4 is 29.2 Å². The topological polar surface area (TPSA) is 69.6 Å². The second-order valence-electron chi connectivity index (χ2n) is 4.41. The van der Waals surface area contributed by atoms with E-state index in [9.17, 15) is 9.59 Å². The Morgan fingerprint density at radius 1 is 1.42 bits per heavy atom. The molecule has 1 rings (SSSR count). The molecule has 0 saturated carbocycles. The number of amides is 1. The normalized spacial score (nSPS) is 10.5. The number of halogens is 1. The van der Waals surface area contributed by atoms with E-state index in [1.165, 1.54) is 0 Å². The molecule has 0 aliphatic carbocycles. The van der Waals surface area contributed by atoms with E-state index in [0.29, 0.717) is 17.3 Å². The first-order valence-corrected chi connectivity index (χ1v) is 6.22. The average Bonchev–Trinajstić information content (AvgIpc) is 2.30. The Morgan fingerprint density at radius 2 is 2.11 bits per heavy atom. The molecule has 1 aromatic rings. The van der Waals surface area contributed by atoms with Crippen molar-refractivity contribution in [2.45, 2.75) is 13.3 Å². The van der Waals surface area contributed by atoms with Gasteiger partial charge in [0.2, 0.25) is 5.91 Å². The lowest BCUT2D eigenvalue weighted by Crippen LogP contribution is -2.31. The molecule has 2 N–H and O–H groups in total. The van der Waals surface area contributed by atoms with E-state index < -0.39 is 5.97 Å². The van der Waals surface area contributed by atoms with Crippen molar-refractivity contribution in [1.29, 1.82) is 0 Å². The molecule has 0 unspecified atom stereocenters. The largest absolute Gasteiger partial charge is 0.481 e. The second-order valence-corrected chi connectivity index (χ2v) is 4.82. The predicted octanol–water partition coefficient (Wildman–Crippen LogP) is 1.99. The molecule has 0 aliphatic heterocycles. The van der Waals surface area contributed by atoms with Gasteiger partial charge in [0.15, 0.2) is 0 Å². The van der Waals surface area contributed by atoms with E-state index in [1.54, 1.807) is 24.1 Å². The van der Waals surface area contributed by atoms with Gasteiger partial charge in [0.25, 0.3) is 0 Å². The fourth-order valence-corrected chi connectivity index (χ4v) is 1.80. The van der Waals surface area contributed by atoms with Gasteiger partial charge >= 0.3 is 5.97 Å². The summed E-state index contributed by atoms with van der Waals surface area (Å²) >= 11 is 6.01. The fourth-order valence-electron chi connectivity index (χ4n) is 1.52. The number of hydrogen-bond acceptors (Lipinski definition) is 3. The molecule has 0 aliphatic rings. The summed E-state index contributed by atoms with van der Waals surface area (Å²) in [6, 6.07) is 5.37. The maximum absolute atomic E-state index is 11.7. The molecule has 0 aromatic heterocycles. The Hall–Kier alpha value is -1.59. The van der Waals surface area contributed by atoms with Crippen molar-refractivity contribution in [3.05, 3.63) is 28.8 Å². The van der Waals surface area contributed by atoms with Crippen molar-refractivity contribution in [2.75, 3.05) is 25.5 Å². The van der Waals surface area contributed by atoms with Gasteiger partial charge in [-0.2, -0.15) is 0 Å². The van der Waals surface area contributed by atoms with Crippen LogP contribution in [0.5, 0.6) is 0 Å². The number of rotatable bonds is 6. The summed E-state index contributed by atoms with van der Waals surface area (Å²) in [6.45, 7) is 2.36. The summed E-state index contributed by atoms with van der Waals surface area (Å²) in [5, 5.41) is 11.7. The molecule has 0 fully saturated rings. The van der Waals surface area contributed by atoms with E-state index in [-0.39, 0.29) is 18.9 Å². The number of benzene rings is 1. The van der Waals surface area contributed by atoms with Crippen LogP contribution < -0.4 is 5.32 Å². The molecule has 19 heavy (non-hydrogen) atoms. The molecule has 0 atom stereocenters. The molecule has 0 bridgehead atoms. The van der Waals surface area contributed by atoms with E-state index in [1.807, 2.05) is 13.0 Å². The number of nitrogens with one attached hydrogen (secondary N) is 1. The smallest absolute Gasteiger partial charge is 0.304 e. The number of carbonyl (C=O) groups is 2. The molecule has 1 aromatic carbocycles. The van der Waals surface area contributed by atoms with E-state index in [0.717, 1.165) is 5.56 Å². The molecule has 1 amide bonds. The molecule has 0 spiro atoms. The zero-order valence-electron chi connectivity index (χ0n) is 10.9. The lowest BCUT2D eigenvalue weighted by Gasteiger charge is -2.15. The van der Waals surface area contributed by atoms with Crippen LogP contribution in [0.4, 0.5) is 5.69 Å². The first-order chi connectivity index (χ1) is 8.88. The maximum Gasteiger partial charge on any atom is 0.304 e. The number of aryl methyl sites for hydroxylation is 1. The van der Waals surface area contributed by atoms with Crippen LogP contribution in [0.3, 0.4) is 0 Å². The minimum atomic E-state index is -0.881. The number of nitrogens with zero attached hydrogens (tertiary/aromatic N) is 1. The van der Waals surface area contributed by atoms with Crippen LogP contribution in [0.25, 0.3) is 0 Å². The lowest BCUT2D eigenvalue weighted by molar-refractivity contribution is -0.137. The Morgan fingerprint density at radius 3 is 2.68 bits per heavy atom. The third-order valence-electron chi connectivity index (χ3n) is 2.52.